The SMILES string of the molecule is [O-]N(O)NOc1ccccc1I. The quantitative estimate of drug-likeness (QED) is 0.645. The molecule has 0 radical (unpaired) electrons. The van der Waals surface area contributed by atoms with E-state index in [1.807, 2.05) is 34.7 Å². The van der Waals surface area contributed by atoms with Crippen molar-refractivity contribution in [1.82, 2.24) is 10.9 Å². The lowest BCUT2D eigenvalue weighted by atomic mass is 10.3. The summed E-state index contributed by atoms with van der Waals surface area (Å²) in [6, 6.07) is 7.07. The van der Waals surface area contributed by atoms with Crippen molar-refractivity contribution in [3.8, 4) is 5.75 Å². The van der Waals surface area contributed by atoms with Gasteiger partial charge in [-0.25, -0.2) is 0 Å². The van der Waals surface area contributed by atoms with Crippen LogP contribution in [0.25, 0.3) is 0 Å². The molecular weight excluding hydrogens is 275 g/mol. The van der Waals surface area contributed by atoms with Crippen molar-refractivity contribution in [2.45, 2.75) is 0 Å². The van der Waals surface area contributed by atoms with Crippen LogP contribution in [0.3, 0.4) is 0 Å². The first-order valence-corrected chi connectivity index (χ1v) is 4.11. The minimum absolute atomic E-state index is 0.480. The van der Waals surface area contributed by atoms with Crippen molar-refractivity contribution >= 4 is 22.6 Å². The van der Waals surface area contributed by atoms with Crippen LogP contribution in [0, 0.1) is 8.78 Å². The highest BCUT2D eigenvalue weighted by molar-refractivity contribution is 14.1. The third kappa shape index (κ3) is 2.91. The topological polar surface area (TPSA) is 67.8 Å². The Morgan fingerprint density at radius 3 is 2.75 bits per heavy atom. The molecule has 0 amide bonds. The molecule has 6 heteroatoms. The third-order valence-electron chi connectivity index (χ3n) is 1.07. The van der Waals surface area contributed by atoms with Gasteiger partial charge >= 0.3 is 0 Å². The number of nitrogens with zero attached hydrogens (tertiary/aromatic N) is 1. The van der Waals surface area contributed by atoms with Crippen molar-refractivity contribution < 1.29 is 10.0 Å². The molecule has 0 aliphatic heterocycles. The van der Waals surface area contributed by atoms with Crippen LogP contribution in [-0.4, -0.2) is 10.5 Å². The second kappa shape index (κ2) is 4.58. The molecule has 5 nitrogen and oxygen atoms in total. The van der Waals surface area contributed by atoms with Crippen LogP contribution in [0.15, 0.2) is 24.3 Å². The molecule has 1 aromatic rings. The van der Waals surface area contributed by atoms with E-state index < -0.39 is 5.34 Å². The van der Waals surface area contributed by atoms with Gasteiger partial charge in [-0.3, -0.25) is 0 Å². The summed E-state index contributed by atoms with van der Waals surface area (Å²) >= 11 is 2.04. The van der Waals surface area contributed by atoms with Crippen molar-refractivity contribution in [3.05, 3.63) is 33.0 Å². The fourth-order valence-electron chi connectivity index (χ4n) is 0.616. The zero-order chi connectivity index (χ0) is 8.97. The van der Waals surface area contributed by atoms with Crippen LogP contribution in [0.1, 0.15) is 0 Å². The third-order valence-corrected chi connectivity index (χ3v) is 1.96. The van der Waals surface area contributed by atoms with Gasteiger partial charge < -0.3 is 15.3 Å². The van der Waals surface area contributed by atoms with Gasteiger partial charge in [0.1, 0.15) is 0 Å². The van der Waals surface area contributed by atoms with Gasteiger partial charge in [-0.1, -0.05) is 17.7 Å². The monoisotopic (exact) mass is 281 g/mol. The average Bonchev–Trinajstić information content (AvgIpc) is 2.03. The average molecular weight is 281 g/mol. The Bertz CT molecular complexity index is 256. The number of hydrogen-bond donors (Lipinski definition) is 2. The van der Waals surface area contributed by atoms with E-state index in [2.05, 4.69) is 0 Å². The maximum atomic E-state index is 9.96. The summed E-state index contributed by atoms with van der Waals surface area (Å²) in [5.74, 6) is 0.480. The van der Waals surface area contributed by atoms with Gasteiger partial charge in [0.15, 0.2) is 5.75 Å². The normalized spacial score (nSPS) is 10.3. The van der Waals surface area contributed by atoms with Gasteiger partial charge in [0.25, 0.3) is 0 Å². The molecule has 0 unspecified atom stereocenters. The first-order valence-electron chi connectivity index (χ1n) is 3.03. The minimum atomic E-state index is -0.511. The van der Waals surface area contributed by atoms with Crippen LogP contribution in [-0.2, 0) is 0 Å². The number of hydrogen-bond acceptors (Lipinski definition) is 5. The van der Waals surface area contributed by atoms with Gasteiger partial charge in [0.2, 0.25) is 0 Å². The number of para-hydroxylation sites is 1. The van der Waals surface area contributed by atoms with Crippen LogP contribution in [0.2, 0.25) is 0 Å². The highest BCUT2D eigenvalue weighted by Gasteiger charge is 1.97. The van der Waals surface area contributed by atoms with Crippen molar-refractivity contribution in [3.63, 3.8) is 0 Å². The lowest BCUT2D eigenvalue weighted by Gasteiger charge is -2.19. The molecule has 1 aromatic carbocycles. The van der Waals surface area contributed by atoms with Crippen molar-refractivity contribution in [2.75, 3.05) is 0 Å². The molecule has 0 heterocycles. The number of nitrogens with one attached hydrogen (secondary N) is 1. The van der Waals surface area contributed by atoms with E-state index in [0.29, 0.717) is 5.75 Å². The van der Waals surface area contributed by atoms with Gasteiger partial charge in [-0.05, 0) is 34.7 Å². The molecule has 0 spiro atoms. The highest BCUT2D eigenvalue weighted by Crippen LogP contribution is 2.18. The van der Waals surface area contributed by atoms with Gasteiger partial charge in [0, 0.05) is 0 Å². The molecule has 0 fully saturated rings. The summed E-state index contributed by atoms with van der Waals surface area (Å²) in [6.07, 6.45) is 0. The largest absolute Gasteiger partial charge is 0.746 e. The van der Waals surface area contributed by atoms with E-state index in [0.717, 1.165) is 3.57 Å². The second-order valence-corrected chi connectivity index (χ2v) is 3.06. The lowest BCUT2D eigenvalue weighted by molar-refractivity contribution is -0.165. The molecule has 66 valence electrons. The zero-order valence-corrected chi connectivity index (χ0v) is 8.06. The summed E-state index contributed by atoms with van der Waals surface area (Å²) in [7, 11) is 0. The molecule has 0 aliphatic rings. The van der Waals surface area contributed by atoms with Crippen LogP contribution >= 0.6 is 22.6 Å². The molecule has 0 aromatic heterocycles. The summed E-state index contributed by atoms with van der Waals surface area (Å²) in [5, 5.41) is 17.6. The number of halogens is 1. The first-order chi connectivity index (χ1) is 5.70. The summed E-state index contributed by atoms with van der Waals surface area (Å²) in [6.45, 7) is 0. The Balaban J connectivity index is 2.57. The Labute approximate surface area is 82.5 Å². The fraction of sp³-hybridized carbons (Fsp3) is 0. The predicted molar refractivity (Wildman–Crippen MR) is 49.9 cm³/mol. The lowest BCUT2D eigenvalue weighted by Crippen LogP contribution is -2.32. The van der Waals surface area contributed by atoms with Crippen LogP contribution in [0.5, 0.6) is 5.75 Å². The smallest absolute Gasteiger partial charge is 0.162 e. The standard InChI is InChI=1S/C6H6IN2O3/c7-5-3-1-2-4-6(5)12-8-9(10)11/h1-4,8,10H/q-1. The number of hydrazine groups is 1. The summed E-state index contributed by atoms with van der Waals surface area (Å²) in [4.78, 5) is 4.70. The van der Waals surface area contributed by atoms with E-state index in [4.69, 9.17) is 10.0 Å². The molecule has 0 saturated heterocycles. The minimum Gasteiger partial charge on any atom is -0.746 e. The number of rotatable bonds is 3. The molecule has 12 heavy (non-hydrogen) atoms. The van der Waals surface area contributed by atoms with E-state index in [1.54, 1.807) is 17.7 Å². The van der Waals surface area contributed by atoms with E-state index >= 15 is 0 Å². The van der Waals surface area contributed by atoms with Gasteiger partial charge in [0.05, 0.1) is 3.57 Å². The molecule has 0 aliphatic carbocycles. The second-order valence-electron chi connectivity index (χ2n) is 1.90. The zero-order valence-electron chi connectivity index (χ0n) is 5.90. The molecule has 1 rings (SSSR count). The maximum Gasteiger partial charge on any atom is 0.162 e. The molecule has 2 N–H and O–H groups in total. The summed E-state index contributed by atoms with van der Waals surface area (Å²) in [5.41, 5.74) is 1.73. The highest BCUT2D eigenvalue weighted by atomic mass is 127. The fourth-order valence-corrected chi connectivity index (χ4v) is 1.11. The molecule has 0 atom stereocenters. The van der Waals surface area contributed by atoms with Crippen molar-refractivity contribution in [2.24, 2.45) is 0 Å². The first kappa shape index (κ1) is 9.68. The van der Waals surface area contributed by atoms with Crippen LogP contribution < -0.4 is 10.4 Å². The summed E-state index contributed by atoms with van der Waals surface area (Å²) < 4.78 is 0.837. The van der Waals surface area contributed by atoms with Gasteiger partial charge in [-0.15, -0.1) is 0 Å². The molecule has 0 saturated carbocycles. The Hall–Kier alpha value is -0.410. The molecule has 0 bridgehead atoms. The maximum absolute atomic E-state index is 9.96. The Morgan fingerprint density at radius 1 is 1.50 bits per heavy atom. The van der Waals surface area contributed by atoms with E-state index in [9.17, 15) is 5.21 Å². The van der Waals surface area contributed by atoms with Crippen LogP contribution in [0.4, 0.5) is 0 Å². The van der Waals surface area contributed by atoms with Crippen molar-refractivity contribution in [1.29, 1.82) is 0 Å². The van der Waals surface area contributed by atoms with E-state index in [-0.39, 0.29) is 0 Å². The Morgan fingerprint density at radius 2 is 2.17 bits per heavy atom. The van der Waals surface area contributed by atoms with Gasteiger partial charge in [-0.2, -0.15) is 5.34 Å². The molecular formula is C6H6IN2O3-. The predicted octanol–water partition coefficient (Wildman–Crippen LogP) is 1.28. The van der Waals surface area contributed by atoms with E-state index in [1.165, 1.54) is 0 Å². The Kier molecular flexibility index (Phi) is 3.69. The number of benzene rings is 1.